The van der Waals surface area contributed by atoms with Gasteiger partial charge in [0.2, 0.25) is 0 Å². The van der Waals surface area contributed by atoms with Gasteiger partial charge in [-0.1, -0.05) is 60.7 Å². The lowest BCUT2D eigenvalue weighted by Gasteiger charge is -2.22. The summed E-state index contributed by atoms with van der Waals surface area (Å²) in [7, 11) is 0. The van der Waals surface area contributed by atoms with Crippen LogP contribution in [0.4, 0.5) is 9.18 Å². The van der Waals surface area contributed by atoms with Gasteiger partial charge in [-0.15, -0.1) is 0 Å². The summed E-state index contributed by atoms with van der Waals surface area (Å²) in [4.78, 5) is 13.8. The highest BCUT2D eigenvalue weighted by molar-refractivity contribution is 5.68. The van der Waals surface area contributed by atoms with E-state index in [1.165, 1.54) is 4.90 Å². The van der Waals surface area contributed by atoms with E-state index in [1.807, 2.05) is 60.7 Å². The van der Waals surface area contributed by atoms with Crippen LogP contribution in [0.2, 0.25) is 0 Å². The summed E-state index contributed by atoms with van der Waals surface area (Å²) in [5.41, 5.74) is 1.89. The van der Waals surface area contributed by atoms with Crippen molar-refractivity contribution in [2.75, 3.05) is 0 Å². The van der Waals surface area contributed by atoms with Crippen molar-refractivity contribution < 1.29 is 13.9 Å². The largest absolute Gasteiger partial charge is 0.445 e. The van der Waals surface area contributed by atoms with Gasteiger partial charge in [-0.25, -0.2) is 9.18 Å². The van der Waals surface area contributed by atoms with E-state index in [9.17, 15) is 9.18 Å². The Hall–Kier alpha value is -2.36. The normalized spacial score (nSPS) is 19.5. The third-order valence-electron chi connectivity index (χ3n) is 3.72. The lowest BCUT2D eigenvalue weighted by molar-refractivity contribution is 0.0877. The van der Waals surface area contributed by atoms with Gasteiger partial charge in [-0.05, 0) is 11.1 Å². The first-order valence-corrected chi connectivity index (χ1v) is 7.39. The molecule has 0 spiro atoms. The number of hydrogen-bond acceptors (Lipinski definition) is 2. The molecule has 0 unspecified atom stereocenters. The van der Waals surface area contributed by atoms with Crippen LogP contribution in [0.1, 0.15) is 17.5 Å². The van der Waals surface area contributed by atoms with E-state index in [-0.39, 0.29) is 12.6 Å². The fourth-order valence-electron chi connectivity index (χ4n) is 2.37. The van der Waals surface area contributed by atoms with E-state index in [0.717, 1.165) is 11.1 Å². The first kappa shape index (κ1) is 14.6. The Kier molecular flexibility index (Phi) is 4.37. The fraction of sp³-hybridized carbons (Fsp3) is 0.278. The number of alkyl halides is 1. The number of rotatable bonds is 5. The zero-order valence-corrected chi connectivity index (χ0v) is 12.2. The Morgan fingerprint density at radius 1 is 1.05 bits per heavy atom. The number of carbonyl (C=O) groups is 1. The summed E-state index contributed by atoms with van der Waals surface area (Å²) < 4.78 is 18.7. The van der Waals surface area contributed by atoms with Crippen LogP contribution in [0.15, 0.2) is 60.7 Å². The summed E-state index contributed by atoms with van der Waals surface area (Å²) in [6.07, 6.45) is -1.00. The Morgan fingerprint density at radius 3 is 2.14 bits per heavy atom. The second kappa shape index (κ2) is 6.60. The number of benzene rings is 2. The van der Waals surface area contributed by atoms with Crippen LogP contribution in [0.3, 0.4) is 0 Å². The maximum Gasteiger partial charge on any atom is 0.410 e. The molecule has 114 valence electrons. The standard InChI is InChI=1S/C18H18FNO2/c19-16-11-17(16)20(12-14-7-3-1-4-8-14)18(21)22-13-15-9-5-2-6-10-15/h1-10,16-17H,11-13H2/t16-,17+/m0/s1. The van der Waals surface area contributed by atoms with Crippen molar-refractivity contribution in [3.63, 3.8) is 0 Å². The molecule has 3 nitrogen and oxygen atoms in total. The summed E-state index contributed by atoms with van der Waals surface area (Å²) in [5.74, 6) is 0. The number of hydrogen-bond donors (Lipinski definition) is 0. The van der Waals surface area contributed by atoms with Crippen LogP contribution in [0.5, 0.6) is 0 Å². The van der Waals surface area contributed by atoms with E-state index in [4.69, 9.17) is 4.74 Å². The second-order valence-electron chi connectivity index (χ2n) is 5.47. The summed E-state index contributed by atoms with van der Waals surface area (Å²) >= 11 is 0. The molecule has 4 heteroatoms. The monoisotopic (exact) mass is 299 g/mol. The van der Waals surface area contributed by atoms with E-state index in [2.05, 4.69) is 0 Å². The third-order valence-corrected chi connectivity index (χ3v) is 3.72. The summed E-state index contributed by atoms with van der Waals surface area (Å²) in [5, 5.41) is 0. The zero-order valence-electron chi connectivity index (χ0n) is 12.2. The molecule has 3 rings (SSSR count). The molecule has 0 heterocycles. The topological polar surface area (TPSA) is 29.5 Å². The quantitative estimate of drug-likeness (QED) is 0.837. The van der Waals surface area contributed by atoms with E-state index >= 15 is 0 Å². The molecule has 1 saturated carbocycles. The summed E-state index contributed by atoms with van der Waals surface area (Å²) in [6.45, 7) is 0.578. The maximum atomic E-state index is 13.4. The molecule has 0 bridgehead atoms. The Labute approximate surface area is 129 Å². The first-order valence-electron chi connectivity index (χ1n) is 7.39. The Morgan fingerprint density at radius 2 is 1.59 bits per heavy atom. The van der Waals surface area contributed by atoms with Crippen LogP contribution in [0.25, 0.3) is 0 Å². The molecule has 0 N–H and O–H groups in total. The SMILES string of the molecule is O=C(OCc1ccccc1)N(Cc1ccccc1)[C@@H]1C[C@@H]1F. The van der Waals surface area contributed by atoms with E-state index < -0.39 is 12.3 Å². The molecule has 2 aromatic carbocycles. The van der Waals surface area contributed by atoms with Crippen molar-refractivity contribution in [1.29, 1.82) is 0 Å². The van der Waals surface area contributed by atoms with Gasteiger partial charge in [0.05, 0.1) is 6.04 Å². The molecule has 1 aliphatic carbocycles. The highest BCUT2D eigenvalue weighted by Crippen LogP contribution is 2.33. The van der Waals surface area contributed by atoms with Crippen molar-refractivity contribution in [1.82, 2.24) is 4.90 Å². The molecule has 0 saturated heterocycles. The molecule has 2 atom stereocenters. The number of nitrogens with zero attached hydrogens (tertiary/aromatic N) is 1. The minimum absolute atomic E-state index is 0.203. The van der Waals surface area contributed by atoms with Crippen molar-refractivity contribution >= 4 is 6.09 Å². The summed E-state index contributed by atoms with van der Waals surface area (Å²) in [6, 6.07) is 18.7. The van der Waals surface area contributed by atoms with Crippen molar-refractivity contribution in [2.24, 2.45) is 0 Å². The van der Waals surface area contributed by atoms with Crippen molar-refractivity contribution in [3.8, 4) is 0 Å². The maximum absolute atomic E-state index is 13.4. The predicted molar refractivity (Wildman–Crippen MR) is 81.9 cm³/mol. The molecular weight excluding hydrogens is 281 g/mol. The third kappa shape index (κ3) is 3.64. The average molecular weight is 299 g/mol. The smallest absolute Gasteiger partial charge is 0.410 e. The second-order valence-corrected chi connectivity index (χ2v) is 5.47. The van der Waals surface area contributed by atoms with Gasteiger partial charge in [-0.2, -0.15) is 0 Å². The van der Waals surface area contributed by atoms with Gasteiger partial charge in [-0.3, -0.25) is 4.90 Å². The Bertz CT molecular complexity index is 617. The van der Waals surface area contributed by atoms with Crippen LogP contribution in [0, 0.1) is 0 Å². The molecule has 2 aromatic rings. The number of amides is 1. The highest BCUT2D eigenvalue weighted by atomic mass is 19.1. The number of ether oxygens (including phenoxy) is 1. The first-order chi connectivity index (χ1) is 10.7. The molecule has 0 aliphatic heterocycles. The fourth-order valence-corrected chi connectivity index (χ4v) is 2.37. The van der Waals surface area contributed by atoms with Crippen LogP contribution in [-0.2, 0) is 17.9 Å². The molecule has 1 amide bonds. The van der Waals surface area contributed by atoms with Gasteiger partial charge < -0.3 is 4.74 Å². The molecule has 0 aromatic heterocycles. The lowest BCUT2D eigenvalue weighted by atomic mass is 10.2. The van der Waals surface area contributed by atoms with Crippen LogP contribution in [-0.4, -0.2) is 23.2 Å². The molecular formula is C18H18FNO2. The van der Waals surface area contributed by atoms with Gasteiger partial charge in [0.15, 0.2) is 0 Å². The van der Waals surface area contributed by atoms with Crippen molar-refractivity contribution in [2.45, 2.75) is 31.8 Å². The number of halogens is 1. The van der Waals surface area contributed by atoms with Crippen molar-refractivity contribution in [3.05, 3.63) is 71.8 Å². The molecule has 22 heavy (non-hydrogen) atoms. The van der Waals surface area contributed by atoms with Crippen LogP contribution >= 0.6 is 0 Å². The zero-order chi connectivity index (χ0) is 15.4. The molecule has 0 radical (unpaired) electrons. The molecule has 1 aliphatic rings. The predicted octanol–water partition coefficient (Wildman–Crippen LogP) is 3.94. The van der Waals surface area contributed by atoms with Gasteiger partial charge in [0.25, 0.3) is 0 Å². The number of carbonyl (C=O) groups excluding carboxylic acids is 1. The van der Waals surface area contributed by atoms with Gasteiger partial charge >= 0.3 is 6.09 Å². The highest BCUT2D eigenvalue weighted by Gasteiger charge is 2.45. The van der Waals surface area contributed by atoms with E-state index in [1.54, 1.807) is 0 Å². The minimum Gasteiger partial charge on any atom is -0.445 e. The van der Waals surface area contributed by atoms with E-state index in [0.29, 0.717) is 13.0 Å². The van der Waals surface area contributed by atoms with Gasteiger partial charge in [0, 0.05) is 13.0 Å². The average Bonchev–Trinajstić information content (AvgIpc) is 3.29. The minimum atomic E-state index is -0.937. The van der Waals surface area contributed by atoms with Gasteiger partial charge in [0.1, 0.15) is 12.8 Å². The van der Waals surface area contributed by atoms with Crippen LogP contribution < -0.4 is 0 Å². The lowest BCUT2D eigenvalue weighted by Crippen LogP contribution is -2.34. The Balaban J connectivity index is 1.63. The molecule has 1 fully saturated rings.